The molecule has 0 spiro atoms. The van der Waals surface area contributed by atoms with Gasteiger partial charge in [-0.15, -0.1) is 11.3 Å². The number of benzene rings is 1. The van der Waals surface area contributed by atoms with Crippen molar-refractivity contribution in [2.45, 2.75) is 18.9 Å². The van der Waals surface area contributed by atoms with Crippen molar-refractivity contribution in [2.75, 3.05) is 25.5 Å². The van der Waals surface area contributed by atoms with Crippen LogP contribution in [0.15, 0.2) is 54.1 Å². The Balaban J connectivity index is 1.73. The fraction of sp³-hybridized carbons (Fsp3) is 0.300. The monoisotopic (exact) mass is 384 g/mol. The second-order valence-corrected chi connectivity index (χ2v) is 7.55. The molecule has 3 rings (SSSR count). The Morgan fingerprint density at radius 1 is 1.33 bits per heavy atom. The van der Waals surface area contributed by atoms with Gasteiger partial charge in [0.15, 0.2) is 0 Å². The first-order valence-corrected chi connectivity index (χ1v) is 9.79. The van der Waals surface area contributed by atoms with Gasteiger partial charge < -0.3 is 15.3 Å². The van der Waals surface area contributed by atoms with Crippen LogP contribution in [0.3, 0.4) is 0 Å². The molecule has 1 aliphatic rings. The van der Waals surface area contributed by atoms with Crippen molar-refractivity contribution in [1.82, 2.24) is 9.80 Å². The number of amidine groups is 1. The SMILES string of the molecule is CN1CCC(N(C(=N)/C=C\Nc2cccc(O)c2)C(=O)c2cccs2)CC1. The normalized spacial score (nSPS) is 15.7. The lowest BCUT2D eigenvalue weighted by Crippen LogP contribution is -2.48. The summed E-state index contributed by atoms with van der Waals surface area (Å²) in [6, 6.07) is 10.4. The number of phenolic OH excluding ortho intramolecular Hbond substituents is 1. The summed E-state index contributed by atoms with van der Waals surface area (Å²) in [5.74, 6) is 0.214. The maximum Gasteiger partial charge on any atom is 0.269 e. The third kappa shape index (κ3) is 4.96. The predicted octanol–water partition coefficient (Wildman–Crippen LogP) is 3.59. The molecule has 1 fully saturated rings. The van der Waals surface area contributed by atoms with Crippen molar-refractivity contribution >= 4 is 28.8 Å². The minimum Gasteiger partial charge on any atom is -0.508 e. The minimum absolute atomic E-state index is 0.0220. The Bertz CT molecular complexity index is 811. The van der Waals surface area contributed by atoms with E-state index in [0.717, 1.165) is 31.6 Å². The van der Waals surface area contributed by atoms with Crippen molar-refractivity contribution in [3.05, 3.63) is 58.9 Å². The fourth-order valence-corrected chi connectivity index (χ4v) is 3.80. The van der Waals surface area contributed by atoms with E-state index in [1.807, 2.05) is 17.5 Å². The van der Waals surface area contributed by atoms with Gasteiger partial charge in [-0.05, 0) is 62.6 Å². The molecule has 0 bridgehead atoms. The third-order valence-corrected chi connectivity index (χ3v) is 5.46. The Hall–Kier alpha value is -2.64. The number of amides is 1. The maximum atomic E-state index is 13.0. The van der Waals surface area contributed by atoms with Gasteiger partial charge in [-0.3, -0.25) is 15.1 Å². The van der Waals surface area contributed by atoms with Crippen LogP contribution in [-0.2, 0) is 0 Å². The standard InChI is InChI=1S/C20H24N4O2S/c1-23-11-8-16(9-12-23)24(20(26)18-6-3-13-27-18)19(21)7-10-22-15-4-2-5-17(25)14-15/h2-7,10,13-14,16,21-22,25H,8-9,11-12H2,1H3/b10-7-,21-19?. The number of nitrogens with one attached hydrogen (secondary N) is 2. The van der Waals surface area contributed by atoms with Crippen molar-refractivity contribution in [3.63, 3.8) is 0 Å². The van der Waals surface area contributed by atoms with Gasteiger partial charge in [-0.2, -0.15) is 0 Å². The topological polar surface area (TPSA) is 79.7 Å². The van der Waals surface area contributed by atoms with Gasteiger partial charge in [0.25, 0.3) is 5.91 Å². The number of rotatable bonds is 5. The highest BCUT2D eigenvalue weighted by atomic mass is 32.1. The Morgan fingerprint density at radius 3 is 2.78 bits per heavy atom. The molecule has 142 valence electrons. The van der Waals surface area contributed by atoms with Crippen LogP contribution < -0.4 is 5.32 Å². The first-order chi connectivity index (χ1) is 13.0. The lowest BCUT2D eigenvalue weighted by atomic mass is 10.0. The second kappa shape index (κ2) is 8.83. The van der Waals surface area contributed by atoms with E-state index >= 15 is 0 Å². The van der Waals surface area contributed by atoms with E-state index in [2.05, 4.69) is 17.3 Å². The van der Waals surface area contributed by atoms with Crippen molar-refractivity contribution in [1.29, 1.82) is 5.41 Å². The van der Waals surface area contributed by atoms with Gasteiger partial charge >= 0.3 is 0 Å². The van der Waals surface area contributed by atoms with Gasteiger partial charge in [-0.25, -0.2) is 0 Å². The van der Waals surface area contributed by atoms with Crippen LogP contribution in [0.25, 0.3) is 0 Å². The molecule has 0 saturated carbocycles. The summed E-state index contributed by atoms with van der Waals surface area (Å²) in [5, 5.41) is 22.9. The number of anilines is 1. The lowest BCUT2D eigenvalue weighted by Gasteiger charge is -2.36. The van der Waals surface area contributed by atoms with E-state index in [1.54, 1.807) is 41.4 Å². The van der Waals surface area contributed by atoms with Crippen molar-refractivity contribution in [3.8, 4) is 5.75 Å². The molecule has 0 radical (unpaired) electrons. The molecule has 1 amide bonds. The summed E-state index contributed by atoms with van der Waals surface area (Å²) in [7, 11) is 2.08. The number of hydrogen-bond acceptors (Lipinski definition) is 6. The molecule has 1 aromatic heterocycles. The van der Waals surface area contributed by atoms with Gasteiger partial charge in [0.2, 0.25) is 0 Å². The van der Waals surface area contributed by atoms with E-state index in [0.29, 0.717) is 4.88 Å². The van der Waals surface area contributed by atoms with E-state index in [9.17, 15) is 9.90 Å². The molecule has 0 unspecified atom stereocenters. The number of hydrogen-bond donors (Lipinski definition) is 3. The number of carbonyl (C=O) groups excluding carboxylic acids is 1. The summed E-state index contributed by atoms with van der Waals surface area (Å²) in [4.78, 5) is 17.5. The molecule has 7 heteroatoms. The molecule has 1 aromatic carbocycles. The van der Waals surface area contributed by atoms with Crippen LogP contribution in [0, 0.1) is 5.41 Å². The predicted molar refractivity (Wildman–Crippen MR) is 110 cm³/mol. The molecule has 0 aliphatic carbocycles. The van der Waals surface area contributed by atoms with Crippen LogP contribution in [0.5, 0.6) is 5.75 Å². The van der Waals surface area contributed by atoms with E-state index < -0.39 is 0 Å². The van der Waals surface area contributed by atoms with Crippen LogP contribution in [0.4, 0.5) is 5.69 Å². The molecular weight excluding hydrogens is 360 g/mol. The first-order valence-electron chi connectivity index (χ1n) is 8.91. The molecule has 2 heterocycles. The molecule has 1 aliphatic heterocycles. The summed E-state index contributed by atoms with van der Waals surface area (Å²) < 4.78 is 0. The molecule has 3 N–H and O–H groups in total. The Kier molecular flexibility index (Phi) is 6.26. The number of piperidine rings is 1. The number of carbonyl (C=O) groups is 1. The maximum absolute atomic E-state index is 13.0. The average molecular weight is 385 g/mol. The summed E-state index contributed by atoms with van der Waals surface area (Å²) in [5.41, 5.74) is 0.717. The number of aromatic hydroxyl groups is 1. The largest absolute Gasteiger partial charge is 0.508 e. The second-order valence-electron chi connectivity index (χ2n) is 6.60. The van der Waals surface area contributed by atoms with Crippen LogP contribution in [0.2, 0.25) is 0 Å². The highest BCUT2D eigenvalue weighted by Crippen LogP contribution is 2.21. The highest BCUT2D eigenvalue weighted by molar-refractivity contribution is 7.12. The van der Waals surface area contributed by atoms with Crippen LogP contribution in [0.1, 0.15) is 22.5 Å². The van der Waals surface area contributed by atoms with Gasteiger partial charge in [0.1, 0.15) is 11.6 Å². The van der Waals surface area contributed by atoms with Crippen LogP contribution in [-0.4, -0.2) is 52.8 Å². The number of nitrogens with zero attached hydrogens (tertiary/aromatic N) is 2. The average Bonchev–Trinajstić information content (AvgIpc) is 3.18. The van der Waals surface area contributed by atoms with Gasteiger partial charge in [0.05, 0.1) is 4.88 Å². The summed E-state index contributed by atoms with van der Waals surface area (Å²) in [6.07, 6.45) is 4.92. The molecular formula is C20H24N4O2S. The number of phenols is 1. The molecule has 0 atom stereocenters. The molecule has 6 nitrogen and oxygen atoms in total. The Morgan fingerprint density at radius 2 is 2.11 bits per heavy atom. The van der Waals surface area contributed by atoms with E-state index in [4.69, 9.17) is 5.41 Å². The van der Waals surface area contributed by atoms with E-state index in [1.165, 1.54) is 11.3 Å². The van der Waals surface area contributed by atoms with E-state index in [-0.39, 0.29) is 23.5 Å². The minimum atomic E-state index is -0.119. The molecule has 1 saturated heterocycles. The Labute approximate surface area is 163 Å². The van der Waals surface area contributed by atoms with Gasteiger partial charge in [-0.1, -0.05) is 12.1 Å². The summed E-state index contributed by atoms with van der Waals surface area (Å²) in [6.45, 7) is 1.83. The lowest BCUT2D eigenvalue weighted by molar-refractivity contribution is 0.0753. The summed E-state index contributed by atoms with van der Waals surface area (Å²) >= 11 is 1.40. The highest BCUT2D eigenvalue weighted by Gasteiger charge is 2.30. The smallest absolute Gasteiger partial charge is 0.269 e. The van der Waals surface area contributed by atoms with Gasteiger partial charge in [0, 0.05) is 24.0 Å². The quantitative estimate of drug-likeness (QED) is 0.544. The van der Waals surface area contributed by atoms with Crippen LogP contribution >= 0.6 is 11.3 Å². The zero-order chi connectivity index (χ0) is 19.2. The zero-order valence-electron chi connectivity index (χ0n) is 15.3. The molecule has 27 heavy (non-hydrogen) atoms. The van der Waals surface area contributed by atoms with Crippen molar-refractivity contribution < 1.29 is 9.90 Å². The van der Waals surface area contributed by atoms with Crippen molar-refractivity contribution in [2.24, 2.45) is 0 Å². The number of thiophene rings is 1. The number of likely N-dealkylation sites (tertiary alicyclic amines) is 1. The first kappa shape index (κ1) is 19.1. The zero-order valence-corrected chi connectivity index (χ0v) is 16.1. The molecule has 2 aromatic rings. The fourth-order valence-electron chi connectivity index (χ4n) is 3.14. The third-order valence-electron chi connectivity index (χ3n) is 4.60.